The zero-order chi connectivity index (χ0) is 18.0. The van der Waals surface area contributed by atoms with Gasteiger partial charge in [0.15, 0.2) is 0 Å². The molecule has 132 valence electrons. The van der Waals surface area contributed by atoms with Crippen LogP contribution in [0.15, 0.2) is 30.5 Å². The van der Waals surface area contributed by atoms with Gasteiger partial charge in [-0.05, 0) is 19.9 Å². The van der Waals surface area contributed by atoms with Crippen molar-refractivity contribution in [2.24, 2.45) is 0 Å². The van der Waals surface area contributed by atoms with Crippen molar-refractivity contribution in [1.29, 1.82) is 0 Å². The van der Waals surface area contributed by atoms with E-state index in [-0.39, 0.29) is 18.5 Å². The lowest BCUT2D eigenvalue weighted by atomic mass is 10.1. The molecule has 1 aliphatic heterocycles. The van der Waals surface area contributed by atoms with E-state index >= 15 is 0 Å². The van der Waals surface area contributed by atoms with Crippen molar-refractivity contribution in [2.75, 3.05) is 7.11 Å². The minimum Gasteiger partial charge on any atom is -0.496 e. The average Bonchev–Trinajstić information content (AvgIpc) is 3.16. The number of benzene rings is 1. The number of methoxy groups -OCH3 is 1. The molecule has 1 aromatic carbocycles. The van der Waals surface area contributed by atoms with E-state index < -0.39 is 12.1 Å². The molecular weight excluding hydrogens is 322 g/mol. The van der Waals surface area contributed by atoms with E-state index in [9.17, 15) is 9.59 Å². The number of urea groups is 1. The Kier molecular flexibility index (Phi) is 4.69. The summed E-state index contributed by atoms with van der Waals surface area (Å²) in [6.07, 6.45) is 2.12. The van der Waals surface area contributed by atoms with Crippen molar-refractivity contribution in [2.45, 2.75) is 38.9 Å². The van der Waals surface area contributed by atoms with Gasteiger partial charge in [-0.25, -0.2) is 9.48 Å². The summed E-state index contributed by atoms with van der Waals surface area (Å²) in [6.45, 7) is 4.16. The molecule has 0 bridgehead atoms. The number of para-hydroxylation sites is 1. The lowest BCUT2D eigenvalue weighted by Gasteiger charge is -2.15. The molecule has 0 spiro atoms. The molecule has 1 fully saturated rings. The summed E-state index contributed by atoms with van der Waals surface area (Å²) in [7, 11) is 1.56. The minimum atomic E-state index is -0.625. The molecule has 1 atom stereocenters. The third-order valence-electron chi connectivity index (χ3n) is 4.13. The lowest BCUT2D eigenvalue weighted by molar-refractivity contribution is -0.127. The molecule has 0 saturated carbocycles. The Morgan fingerprint density at radius 3 is 2.72 bits per heavy atom. The summed E-state index contributed by atoms with van der Waals surface area (Å²) in [4.78, 5) is 26.0. The first kappa shape index (κ1) is 16.9. The summed E-state index contributed by atoms with van der Waals surface area (Å²) in [5.74, 6) is 0.376. The van der Waals surface area contributed by atoms with Gasteiger partial charge in [0, 0.05) is 24.2 Å². The van der Waals surface area contributed by atoms with Crippen molar-refractivity contribution in [3.05, 3.63) is 41.7 Å². The summed E-state index contributed by atoms with van der Waals surface area (Å²) in [5, 5.41) is 10.8. The van der Waals surface area contributed by atoms with Gasteiger partial charge in [0.05, 0.1) is 19.3 Å². The van der Waals surface area contributed by atoms with Gasteiger partial charge in [-0.1, -0.05) is 23.4 Å². The van der Waals surface area contributed by atoms with E-state index in [1.54, 1.807) is 24.1 Å². The normalized spacial score (nSPS) is 17.3. The Morgan fingerprint density at radius 1 is 1.28 bits per heavy atom. The van der Waals surface area contributed by atoms with Crippen molar-refractivity contribution in [3.63, 3.8) is 0 Å². The van der Waals surface area contributed by atoms with Crippen LogP contribution in [-0.4, -0.2) is 45.0 Å². The highest BCUT2D eigenvalue weighted by Gasteiger charge is 2.38. The van der Waals surface area contributed by atoms with Gasteiger partial charge in [-0.2, -0.15) is 0 Å². The molecule has 3 amide bonds. The Morgan fingerprint density at radius 2 is 2.04 bits per heavy atom. The van der Waals surface area contributed by atoms with Crippen LogP contribution in [0.25, 0.3) is 0 Å². The van der Waals surface area contributed by atoms with Crippen LogP contribution >= 0.6 is 0 Å². The molecule has 0 aliphatic carbocycles. The quantitative estimate of drug-likeness (QED) is 0.804. The molecule has 0 radical (unpaired) electrons. The van der Waals surface area contributed by atoms with E-state index in [0.717, 1.165) is 5.56 Å². The van der Waals surface area contributed by atoms with E-state index in [4.69, 9.17) is 4.74 Å². The maximum absolute atomic E-state index is 12.6. The average molecular weight is 343 g/mol. The van der Waals surface area contributed by atoms with Crippen LogP contribution in [0.1, 0.15) is 31.1 Å². The Balaban J connectivity index is 1.71. The second-order valence-electron chi connectivity index (χ2n) is 6.23. The Bertz CT molecular complexity index is 786. The molecular formula is C17H21N5O3. The number of ether oxygens (including phenoxy) is 1. The number of imide groups is 1. The highest BCUT2D eigenvalue weighted by atomic mass is 16.5. The number of hydrogen-bond donors (Lipinski definition) is 1. The third kappa shape index (κ3) is 3.47. The molecule has 25 heavy (non-hydrogen) atoms. The van der Waals surface area contributed by atoms with Crippen LogP contribution in [-0.2, 0) is 17.8 Å². The highest BCUT2D eigenvalue weighted by Crippen LogP contribution is 2.22. The van der Waals surface area contributed by atoms with Gasteiger partial charge in [0.1, 0.15) is 11.8 Å². The predicted molar refractivity (Wildman–Crippen MR) is 90.0 cm³/mol. The zero-order valence-corrected chi connectivity index (χ0v) is 14.5. The number of carbonyl (C=O) groups is 2. The Labute approximate surface area is 145 Å². The van der Waals surface area contributed by atoms with Gasteiger partial charge in [0.2, 0.25) is 0 Å². The number of nitrogens with zero attached hydrogens (tertiary/aromatic N) is 4. The predicted octanol–water partition coefficient (Wildman–Crippen LogP) is 1.53. The topological polar surface area (TPSA) is 89.3 Å². The fraction of sp³-hybridized carbons (Fsp3) is 0.412. The third-order valence-corrected chi connectivity index (χ3v) is 4.13. The van der Waals surface area contributed by atoms with Gasteiger partial charge >= 0.3 is 6.03 Å². The monoisotopic (exact) mass is 343 g/mol. The van der Waals surface area contributed by atoms with Crippen LogP contribution in [0.3, 0.4) is 0 Å². The van der Waals surface area contributed by atoms with E-state index in [1.165, 1.54) is 4.90 Å². The second-order valence-corrected chi connectivity index (χ2v) is 6.23. The molecule has 8 nitrogen and oxygen atoms in total. The fourth-order valence-electron chi connectivity index (χ4n) is 2.74. The first-order valence-corrected chi connectivity index (χ1v) is 8.14. The van der Waals surface area contributed by atoms with E-state index in [2.05, 4.69) is 15.6 Å². The maximum Gasteiger partial charge on any atom is 0.325 e. The van der Waals surface area contributed by atoms with E-state index in [0.29, 0.717) is 17.9 Å². The second kappa shape index (κ2) is 6.92. The molecule has 1 aromatic heterocycles. The van der Waals surface area contributed by atoms with Gasteiger partial charge in [-0.15, -0.1) is 5.10 Å². The molecule has 2 heterocycles. The van der Waals surface area contributed by atoms with Crippen LogP contribution in [0.5, 0.6) is 5.75 Å². The standard InChI is InChI=1S/C17H21N5O3/c1-11(2)22-10-13(19-20-22)8-14-16(23)21(17(24)18-14)9-12-6-4-5-7-15(12)25-3/h4-7,10-11,14H,8-9H2,1-3H3,(H,18,24). The van der Waals surface area contributed by atoms with Crippen molar-refractivity contribution < 1.29 is 14.3 Å². The molecule has 3 rings (SSSR count). The summed E-state index contributed by atoms with van der Waals surface area (Å²) in [5.41, 5.74) is 1.45. The number of aromatic nitrogens is 3. The molecule has 1 N–H and O–H groups in total. The molecule has 2 aromatic rings. The van der Waals surface area contributed by atoms with E-state index in [1.807, 2.05) is 32.0 Å². The number of hydrogen-bond acceptors (Lipinski definition) is 5. The van der Waals surface area contributed by atoms with Crippen molar-refractivity contribution >= 4 is 11.9 Å². The van der Waals surface area contributed by atoms with Gasteiger partial charge in [0.25, 0.3) is 5.91 Å². The Hall–Kier alpha value is -2.90. The van der Waals surface area contributed by atoms with Crippen molar-refractivity contribution in [3.8, 4) is 5.75 Å². The highest BCUT2D eigenvalue weighted by molar-refractivity contribution is 6.04. The summed E-state index contributed by atoms with van der Waals surface area (Å²) >= 11 is 0. The van der Waals surface area contributed by atoms with Gasteiger partial charge in [-0.3, -0.25) is 9.69 Å². The minimum absolute atomic E-state index is 0.171. The largest absolute Gasteiger partial charge is 0.496 e. The number of carbonyl (C=O) groups excluding carboxylic acids is 2. The molecule has 1 saturated heterocycles. The SMILES string of the molecule is COc1ccccc1CN1C(=O)NC(Cc2cn(C(C)C)nn2)C1=O. The van der Waals surface area contributed by atoms with Crippen LogP contribution in [0.2, 0.25) is 0 Å². The summed E-state index contributed by atoms with van der Waals surface area (Å²) < 4.78 is 7.01. The molecule has 8 heteroatoms. The van der Waals surface area contributed by atoms with Crippen LogP contribution < -0.4 is 10.1 Å². The molecule has 1 unspecified atom stereocenters. The number of amides is 3. The molecule has 1 aliphatic rings. The lowest BCUT2D eigenvalue weighted by Crippen LogP contribution is -2.32. The van der Waals surface area contributed by atoms with Crippen LogP contribution in [0.4, 0.5) is 4.79 Å². The van der Waals surface area contributed by atoms with Crippen LogP contribution in [0, 0.1) is 0 Å². The first-order chi connectivity index (χ1) is 12.0. The van der Waals surface area contributed by atoms with Gasteiger partial charge < -0.3 is 10.1 Å². The smallest absolute Gasteiger partial charge is 0.325 e. The summed E-state index contributed by atoms with van der Waals surface area (Å²) in [6, 6.07) is 6.48. The number of rotatable bonds is 6. The van der Waals surface area contributed by atoms with Crippen molar-refractivity contribution in [1.82, 2.24) is 25.2 Å². The first-order valence-electron chi connectivity index (χ1n) is 8.14. The zero-order valence-electron chi connectivity index (χ0n) is 14.5. The number of nitrogens with one attached hydrogen (secondary N) is 1. The fourth-order valence-corrected chi connectivity index (χ4v) is 2.74. The maximum atomic E-state index is 12.6.